The molecular weight excluding hydrogens is 376 g/mol. The van der Waals surface area contributed by atoms with Crippen molar-refractivity contribution in [1.29, 1.82) is 0 Å². The van der Waals surface area contributed by atoms with E-state index in [1.165, 1.54) is 0 Å². The molecule has 2 aromatic heterocycles. The molecule has 0 saturated carbocycles. The first-order valence-corrected chi connectivity index (χ1v) is 10.3. The summed E-state index contributed by atoms with van der Waals surface area (Å²) in [6, 6.07) is 17.2. The Labute approximate surface area is 176 Å². The smallest absolute Gasteiger partial charge is 0.227 e. The zero-order valence-corrected chi connectivity index (χ0v) is 17.1. The fraction of sp³-hybridized carbons (Fsp3) is 0.292. The molecule has 6 heteroatoms. The van der Waals surface area contributed by atoms with Gasteiger partial charge in [0.25, 0.3) is 0 Å². The maximum Gasteiger partial charge on any atom is 0.227 e. The second kappa shape index (κ2) is 9.50. The summed E-state index contributed by atoms with van der Waals surface area (Å²) in [5.74, 6) is 1.52. The van der Waals surface area contributed by atoms with Crippen LogP contribution in [0.1, 0.15) is 24.2 Å². The van der Waals surface area contributed by atoms with Crippen LogP contribution >= 0.6 is 0 Å². The lowest BCUT2D eigenvalue weighted by atomic mass is 9.95. The number of aryl methyl sites for hydroxylation is 1. The maximum absolute atomic E-state index is 12.7. The third-order valence-corrected chi connectivity index (χ3v) is 5.28. The third kappa shape index (κ3) is 5.42. The first-order valence-electron chi connectivity index (χ1n) is 10.3. The van der Waals surface area contributed by atoms with Crippen molar-refractivity contribution in [2.24, 2.45) is 5.92 Å². The van der Waals surface area contributed by atoms with Crippen LogP contribution in [0.15, 0.2) is 67.0 Å². The standard InChI is InChI=1S/C24H26N4O2/c1-18-4-2-5-21(26-18)17-28-14-11-19(12-15-28)24(29)27-20-7-9-22(10-8-20)30-23-6-3-13-25-16-23/h2-10,13,16,19H,11-12,14-15,17H2,1H3,(H,27,29). The van der Waals surface area contributed by atoms with Crippen LogP contribution < -0.4 is 10.1 Å². The molecule has 0 radical (unpaired) electrons. The Kier molecular flexibility index (Phi) is 6.35. The summed E-state index contributed by atoms with van der Waals surface area (Å²) in [5.41, 5.74) is 2.91. The average molecular weight is 402 g/mol. The first kappa shape index (κ1) is 20.0. The molecule has 1 N–H and O–H groups in total. The van der Waals surface area contributed by atoms with Crippen molar-refractivity contribution in [3.63, 3.8) is 0 Å². The highest BCUT2D eigenvalue weighted by Gasteiger charge is 2.25. The van der Waals surface area contributed by atoms with Crippen LogP contribution in [-0.4, -0.2) is 33.9 Å². The van der Waals surface area contributed by atoms with E-state index >= 15 is 0 Å². The topological polar surface area (TPSA) is 67.4 Å². The summed E-state index contributed by atoms with van der Waals surface area (Å²) in [6.45, 7) is 4.67. The van der Waals surface area contributed by atoms with Gasteiger partial charge in [-0.2, -0.15) is 0 Å². The van der Waals surface area contributed by atoms with Gasteiger partial charge in [0.05, 0.1) is 11.9 Å². The number of pyridine rings is 2. The van der Waals surface area contributed by atoms with Crippen molar-refractivity contribution >= 4 is 11.6 Å². The number of anilines is 1. The number of rotatable bonds is 6. The van der Waals surface area contributed by atoms with E-state index in [-0.39, 0.29) is 11.8 Å². The molecule has 0 unspecified atom stereocenters. The number of benzene rings is 1. The van der Waals surface area contributed by atoms with Gasteiger partial charge in [0, 0.05) is 30.0 Å². The van der Waals surface area contributed by atoms with Gasteiger partial charge in [-0.05, 0) is 81.4 Å². The fourth-order valence-corrected chi connectivity index (χ4v) is 3.66. The van der Waals surface area contributed by atoms with Crippen molar-refractivity contribution < 1.29 is 9.53 Å². The number of hydrogen-bond donors (Lipinski definition) is 1. The molecule has 6 nitrogen and oxygen atoms in total. The SMILES string of the molecule is Cc1cccc(CN2CCC(C(=O)Nc3ccc(Oc4cccnc4)cc3)CC2)n1. The van der Waals surface area contributed by atoms with Crippen LogP contribution in [0.3, 0.4) is 0 Å². The zero-order chi connectivity index (χ0) is 20.8. The number of carbonyl (C=O) groups is 1. The number of ether oxygens (including phenoxy) is 1. The largest absolute Gasteiger partial charge is 0.456 e. The van der Waals surface area contributed by atoms with Gasteiger partial charge in [0.2, 0.25) is 5.91 Å². The Morgan fingerprint density at radius 2 is 1.87 bits per heavy atom. The molecule has 1 saturated heterocycles. The molecule has 0 spiro atoms. The molecule has 0 aliphatic carbocycles. The van der Waals surface area contributed by atoms with E-state index in [1.807, 2.05) is 55.5 Å². The maximum atomic E-state index is 12.7. The van der Waals surface area contributed by atoms with Crippen molar-refractivity contribution in [3.05, 3.63) is 78.4 Å². The molecule has 0 bridgehead atoms. The van der Waals surface area contributed by atoms with Crippen molar-refractivity contribution in [3.8, 4) is 11.5 Å². The molecule has 4 rings (SSSR count). The molecule has 3 heterocycles. The van der Waals surface area contributed by atoms with Gasteiger partial charge in [0.15, 0.2) is 0 Å². The van der Waals surface area contributed by atoms with E-state index in [2.05, 4.69) is 26.3 Å². The summed E-state index contributed by atoms with van der Waals surface area (Å²) in [6.07, 6.45) is 5.09. The normalized spacial score (nSPS) is 15.0. The fourth-order valence-electron chi connectivity index (χ4n) is 3.66. The molecule has 154 valence electrons. The molecule has 1 amide bonds. The van der Waals surface area contributed by atoms with E-state index in [4.69, 9.17) is 4.74 Å². The van der Waals surface area contributed by atoms with Crippen molar-refractivity contribution in [1.82, 2.24) is 14.9 Å². The van der Waals surface area contributed by atoms with Gasteiger partial charge < -0.3 is 10.1 Å². The number of nitrogens with zero attached hydrogens (tertiary/aromatic N) is 3. The third-order valence-electron chi connectivity index (χ3n) is 5.28. The minimum Gasteiger partial charge on any atom is -0.456 e. The molecule has 1 aromatic carbocycles. The molecule has 30 heavy (non-hydrogen) atoms. The lowest BCUT2D eigenvalue weighted by molar-refractivity contribution is -0.121. The van der Waals surface area contributed by atoms with E-state index in [0.717, 1.165) is 49.6 Å². The Hall–Kier alpha value is -3.25. The number of piperidine rings is 1. The Balaban J connectivity index is 1.25. The minimum absolute atomic E-state index is 0.0399. The van der Waals surface area contributed by atoms with Crippen LogP contribution in [0.25, 0.3) is 0 Å². The number of likely N-dealkylation sites (tertiary alicyclic amines) is 1. The molecule has 3 aromatic rings. The van der Waals surface area contributed by atoms with Crippen LogP contribution in [-0.2, 0) is 11.3 Å². The Bertz CT molecular complexity index is 968. The molecule has 1 aliphatic heterocycles. The highest BCUT2D eigenvalue weighted by atomic mass is 16.5. The minimum atomic E-state index is 0.0399. The highest BCUT2D eigenvalue weighted by Crippen LogP contribution is 2.24. The van der Waals surface area contributed by atoms with E-state index in [0.29, 0.717) is 11.5 Å². The van der Waals surface area contributed by atoms with Gasteiger partial charge in [-0.25, -0.2) is 0 Å². The number of aromatic nitrogens is 2. The average Bonchev–Trinajstić information content (AvgIpc) is 2.76. The zero-order valence-electron chi connectivity index (χ0n) is 17.1. The number of carbonyl (C=O) groups excluding carboxylic acids is 1. The van der Waals surface area contributed by atoms with Crippen LogP contribution in [0.2, 0.25) is 0 Å². The summed E-state index contributed by atoms with van der Waals surface area (Å²) < 4.78 is 5.74. The quantitative estimate of drug-likeness (QED) is 0.661. The van der Waals surface area contributed by atoms with Gasteiger partial charge >= 0.3 is 0 Å². The summed E-state index contributed by atoms with van der Waals surface area (Å²) in [4.78, 5) is 23.7. The lowest BCUT2D eigenvalue weighted by Crippen LogP contribution is -2.37. The van der Waals surface area contributed by atoms with E-state index in [1.54, 1.807) is 12.4 Å². The van der Waals surface area contributed by atoms with Gasteiger partial charge in [-0.15, -0.1) is 0 Å². The number of amides is 1. The van der Waals surface area contributed by atoms with E-state index in [9.17, 15) is 4.79 Å². The number of nitrogens with one attached hydrogen (secondary N) is 1. The molecule has 1 aliphatic rings. The second-order valence-corrected chi connectivity index (χ2v) is 7.63. The monoisotopic (exact) mass is 402 g/mol. The van der Waals surface area contributed by atoms with Crippen LogP contribution in [0, 0.1) is 12.8 Å². The summed E-state index contributed by atoms with van der Waals surface area (Å²) in [5, 5.41) is 3.04. The number of hydrogen-bond acceptors (Lipinski definition) is 5. The van der Waals surface area contributed by atoms with E-state index < -0.39 is 0 Å². The molecule has 1 fully saturated rings. The van der Waals surface area contributed by atoms with Gasteiger partial charge in [-0.1, -0.05) is 6.07 Å². The summed E-state index contributed by atoms with van der Waals surface area (Å²) >= 11 is 0. The van der Waals surface area contributed by atoms with Crippen molar-refractivity contribution in [2.45, 2.75) is 26.3 Å². The van der Waals surface area contributed by atoms with Crippen molar-refractivity contribution in [2.75, 3.05) is 18.4 Å². The lowest BCUT2D eigenvalue weighted by Gasteiger charge is -2.31. The van der Waals surface area contributed by atoms with Crippen LogP contribution in [0.4, 0.5) is 5.69 Å². The molecule has 0 atom stereocenters. The summed E-state index contributed by atoms with van der Waals surface area (Å²) in [7, 11) is 0. The first-order chi connectivity index (χ1) is 14.7. The van der Waals surface area contributed by atoms with Gasteiger partial charge in [-0.3, -0.25) is 19.7 Å². The van der Waals surface area contributed by atoms with Gasteiger partial charge in [0.1, 0.15) is 11.5 Å². The Morgan fingerprint density at radius 3 is 2.57 bits per heavy atom. The highest BCUT2D eigenvalue weighted by molar-refractivity contribution is 5.92. The predicted octanol–water partition coefficient (Wildman–Crippen LogP) is 4.43. The predicted molar refractivity (Wildman–Crippen MR) is 116 cm³/mol. The molecular formula is C24H26N4O2. The Morgan fingerprint density at radius 1 is 1.07 bits per heavy atom. The second-order valence-electron chi connectivity index (χ2n) is 7.63. The van der Waals surface area contributed by atoms with Crippen LogP contribution in [0.5, 0.6) is 11.5 Å².